The summed E-state index contributed by atoms with van der Waals surface area (Å²) < 4.78 is 18.3. The van der Waals surface area contributed by atoms with Crippen molar-refractivity contribution in [3.05, 3.63) is 30.1 Å². The van der Waals surface area contributed by atoms with Gasteiger partial charge in [0.25, 0.3) is 0 Å². The van der Waals surface area contributed by atoms with Gasteiger partial charge in [0, 0.05) is 25.7 Å². The van der Waals surface area contributed by atoms with Crippen LogP contribution >= 0.6 is 12.4 Å². The van der Waals surface area contributed by atoms with Crippen molar-refractivity contribution in [3.63, 3.8) is 0 Å². The number of ether oxygens (including phenoxy) is 1. The van der Waals surface area contributed by atoms with E-state index in [1.807, 2.05) is 0 Å². The van der Waals surface area contributed by atoms with Gasteiger partial charge in [-0.25, -0.2) is 4.39 Å². The van der Waals surface area contributed by atoms with Crippen LogP contribution in [0.2, 0.25) is 0 Å². The Labute approximate surface area is 134 Å². The number of hydrogen-bond donors (Lipinski definition) is 2. The second-order valence-electron chi connectivity index (χ2n) is 4.77. The average Bonchev–Trinajstić information content (AvgIpc) is 2.47. The summed E-state index contributed by atoms with van der Waals surface area (Å²) in [6.07, 6.45) is 0.111. The van der Waals surface area contributed by atoms with E-state index in [1.54, 1.807) is 6.07 Å². The first-order valence-corrected chi connectivity index (χ1v) is 6.76. The highest BCUT2D eigenvalue weighted by molar-refractivity contribution is 5.87. The number of nitrogens with zero attached hydrogens (tertiary/aromatic N) is 1. The molecule has 0 aliphatic carbocycles. The molecule has 1 fully saturated rings. The highest BCUT2D eigenvalue weighted by atomic mass is 35.5. The molecule has 1 aliphatic rings. The predicted molar refractivity (Wildman–Crippen MR) is 81.3 cm³/mol. The molecule has 2 rings (SSSR count). The van der Waals surface area contributed by atoms with Crippen LogP contribution in [-0.4, -0.2) is 49.0 Å². The Kier molecular flexibility index (Phi) is 7.07. The Morgan fingerprint density at radius 2 is 2.23 bits per heavy atom. The van der Waals surface area contributed by atoms with Crippen molar-refractivity contribution in [1.29, 1.82) is 0 Å². The van der Waals surface area contributed by atoms with Crippen molar-refractivity contribution in [2.75, 3.05) is 26.2 Å². The predicted octanol–water partition coefficient (Wildman–Crippen LogP) is 0.302. The van der Waals surface area contributed by atoms with E-state index in [1.165, 1.54) is 23.1 Å². The number of halogens is 2. The molecule has 3 N–H and O–H groups in total. The van der Waals surface area contributed by atoms with Crippen LogP contribution in [0.3, 0.4) is 0 Å². The molecule has 1 saturated heterocycles. The van der Waals surface area contributed by atoms with Gasteiger partial charge < -0.3 is 20.7 Å². The van der Waals surface area contributed by atoms with Crippen LogP contribution < -0.4 is 15.8 Å². The third-order valence-corrected chi connectivity index (χ3v) is 3.27. The Morgan fingerprint density at radius 3 is 2.91 bits per heavy atom. The zero-order valence-electron chi connectivity index (χ0n) is 12.0. The third kappa shape index (κ3) is 4.85. The van der Waals surface area contributed by atoms with Gasteiger partial charge in [-0.05, 0) is 12.1 Å². The van der Waals surface area contributed by atoms with Gasteiger partial charge in [0.15, 0.2) is 0 Å². The molecule has 1 aromatic rings. The number of primary amides is 1. The Hall–Kier alpha value is -1.86. The molecule has 0 saturated carbocycles. The van der Waals surface area contributed by atoms with Crippen LogP contribution in [0.1, 0.15) is 6.42 Å². The first-order chi connectivity index (χ1) is 10.1. The van der Waals surface area contributed by atoms with Crippen molar-refractivity contribution in [3.8, 4) is 5.75 Å². The molecule has 6 nitrogen and oxygen atoms in total. The lowest BCUT2D eigenvalue weighted by atomic mass is 10.1. The summed E-state index contributed by atoms with van der Waals surface area (Å²) in [6.45, 7) is 1.55. The van der Waals surface area contributed by atoms with Gasteiger partial charge in [0.2, 0.25) is 11.8 Å². The Morgan fingerprint density at radius 1 is 1.45 bits per heavy atom. The largest absolute Gasteiger partial charge is 0.493 e. The van der Waals surface area contributed by atoms with Crippen molar-refractivity contribution < 1.29 is 18.7 Å². The van der Waals surface area contributed by atoms with E-state index in [0.29, 0.717) is 25.4 Å². The van der Waals surface area contributed by atoms with Crippen LogP contribution in [0.5, 0.6) is 5.75 Å². The van der Waals surface area contributed by atoms with Crippen LogP contribution in [0.15, 0.2) is 24.3 Å². The number of hydrogen-bond acceptors (Lipinski definition) is 4. The highest BCUT2D eigenvalue weighted by Gasteiger charge is 2.30. The number of benzene rings is 1. The van der Waals surface area contributed by atoms with Crippen LogP contribution in [-0.2, 0) is 9.59 Å². The number of nitrogens with two attached hydrogens (primary N) is 1. The molecule has 1 unspecified atom stereocenters. The number of carbonyl (C=O) groups is 2. The van der Waals surface area contributed by atoms with Crippen molar-refractivity contribution in [2.24, 2.45) is 5.73 Å². The molecule has 0 radical (unpaired) electrons. The van der Waals surface area contributed by atoms with Gasteiger partial charge in [-0.1, -0.05) is 6.07 Å². The number of carbonyl (C=O) groups excluding carboxylic acids is 2. The van der Waals surface area contributed by atoms with E-state index in [4.69, 9.17) is 10.5 Å². The second kappa shape index (κ2) is 8.55. The maximum absolute atomic E-state index is 13.0. The summed E-state index contributed by atoms with van der Waals surface area (Å²) in [4.78, 5) is 24.9. The average molecular weight is 332 g/mol. The molecular weight excluding hydrogens is 313 g/mol. The minimum atomic E-state index is -0.625. The van der Waals surface area contributed by atoms with Crippen molar-refractivity contribution >= 4 is 24.2 Å². The fraction of sp³-hybridized carbons (Fsp3) is 0.429. The van der Waals surface area contributed by atoms with E-state index in [-0.39, 0.29) is 31.3 Å². The first kappa shape index (κ1) is 18.2. The van der Waals surface area contributed by atoms with E-state index >= 15 is 0 Å². The summed E-state index contributed by atoms with van der Waals surface area (Å²) in [6, 6.07) is 5.09. The minimum Gasteiger partial charge on any atom is -0.493 e. The van der Waals surface area contributed by atoms with Crippen LogP contribution in [0.25, 0.3) is 0 Å². The van der Waals surface area contributed by atoms with Gasteiger partial charge in [0.1, 0.15) is 17.6 Å². The maximum atomic E-state index is 13.0. The Balaban J connectivity index is 0.00000242. The van der Waals surface area contributed by atoms with Crippen molar-refractivity contribution in [1.82, 2.24) is 10.2 Å². The molecule has 1 heterocycles. The summed E-state index contributed by atoms with van der Waals surface area (Å²) in [5.74, 6) is -0.748. The zero-order valence-corrected chi connectivity index (χ0v) is 12.8. The standard InChI is InChI=1S/C14H18FN3O3.ClH/c15-10-2-1-3-11(8-10)21-7-4-13(19)18-6-5-17-9-12(18)14(16)20;/h1-3,8,12,17H,4-7,9H2,(H2,16,20);1H. The molecule has 2 amide bonds. The molecule has 22 heavy (non-hydrogen) atoms. The van der Waals surface area contributed by atoms with E-state index < -0.39 is 17.8 Å². The third-order valence-electron chi connectivity index (χ3n) is 3.27. The fourth-order valence-electron chi connectivity index (χ4n) is 2.21. The molecule has 1 aliphatic heterocycles. The van der Waals surface area contributed by atoms with Gasteiger partial charge in [-0.2, -0.15) is 0 Å². The quantitative estimate of drug-likeness (QED) is 0.813. The number of nitrogens with one attached hydrogen (secondary N) is 1. The number of piperazine rings is 1. The molecule has 0 bridgehead atoms. The summed E-state index contributed by atoms with van der Waals surface area (Å²) in [5, 5.41) is 3.02. The highest BCUT2D eigenvalue weighted by Crippen LogP contribution is 2.13. The molecule has 1 atom stereocenters. The van der Waals surface area contributed by atoms with Gasteiger partial charge >= 0.3 is 0 Å². The SMILES string of the molecule is Cl.NC(=O)C1CNCCN1C(=O)CCOc1cccc(F)c1. The lowest BCUT2D eigenvalue weighted by Gasteiger charge is -2.34. The minimum absolute atomic E-state index is 0. The fourth-order valence-corrected chi connectivity index (χ4v) is 2.21. The molecular formula is C14H19ClFN3O3. The summed E-state index contributed by atoms with van der Waals surface area (Å²) in [5.41, 5.74) is 5.29. The zero-order chi connectivity index (χ0) is 15.2. The van der Waals surface area contributed by atoms with E-state index in [9.17, 15) is 14.0 Å². The smallest absolute Gasteiger partial charge is 0.241 e. The van der Waals surface area contributed by atoms with E-state index in [0.717, 1.165) is 0 Å². The summed E-state index contributed by atoms with van der Waals surface area (Å²) in [7, 11) is 0. The van der Waals surface area contributed by atoms with Gasteiger partial charge in [0.05, 0.1) is 13.0 Å². The normalized spacial score (nSPS) is 17.5. The summed E-state index contributed by atoms with van der Waals surface area (Å²) >= 11 is 0. The van der Waals surface area contributed by atoms with Gasteiger partial charge in [-0.15, -0.1) is 12.4 Å². The monoisotopic (exact) mass is 331 g/mol. The Bertz CT molecular complexity index is 530. The molecule has 0 aromatic heterocycles. The van der Waals surface area contributed by atoms with E-state index in [2.05, 4.69) is 5.32 Å². The molecule has 1 aromatic carbocycles. The lowest BCUT2D eigenvalue weighted by molar-refractivity contribution is -0.140. The number of rotatable bonds is 5. The van der Waals surface area contributed by atoms with Gasteiger partial charge in [-0.3, -0.25) is 9.59 Å². The molecule has 122 valence electrons. The maximum Gasteiger partial charge on any atom is 0.241 e. The van der Waals surface area contributed by atoms with Crippen molar-refractivity contribution in [2.45, 2.75) is 12.5 Å². The van der Waals surface area contributed by atoms with Crippen LogP contribution in [0.4, 0.5) is 4.39 Å². The topological polar surface area (TPSA) is 84.7 Å². The molecule has 0 spiro atoms. The molecule has 8 heteroatoms. The lowest BCUT2D eigenvalue weighted by Crippen LogP contribution is -2.58. The second-order valence-corrected chi connectivity index (χ2v) is 4.77. The van der Waals surface area contributed by atoms with Crippen LogP contribution in [0, 0.1) is 5.82 Å². The number of amides is 2. The first-order valence-electron chi connectivity index (χ1n) is 6.76.